The Labute approximate surface area is 447 Å². The largest absolute Gasteiger partial charge is 0.477 e. The maximum Gasteiger partial charge on any atom is 0.341 e. The highest BCUT2D eigenvalue weighted by Crippen LogP contribution is 2.40. The standard InChI is InChI=1S/C55H89N3O18/c1-14-41-55(9,67)47(62)34(5)58(12)22-16-21-53(7,66)48(76-52-45(61)40(57(10)11)27-31(2)71-52)32(3)46(33(4)51(65)73-41)75-43-29-54(8,68-13)49(35(6)72-43)74-42(59)20-24-70-26-25-69-23-15-17-36-18-19-39-37(28-36)44(60)38(30-56-39)50(63)64/h18-19,28,30-35,40-41,43,45-49,52,61-62,66-67H,14-17,20-27,29H2,1-13H3,(H,56,60)(H,63,64)/t31-,32+,33-,34-,35+,40+,41-,43+,45-,46+,47-,48-,49+,52+,53-,54-,55-/m1/s1. The van der Waals surface area contributed by atoms with Crippen molar-refractivity contribution in [1.82, 2.24) is 14.8 Å². The number of aryl methyl sites for hydroxylation is 1. The number of cyclic esters (lactones) is 1. The molecule has 432 valence electrons. The van der Waals surface area contributed by atoms with E-state index in [4.69, 9.17) is 42.6 Å². The molecule has 0 bridgehead atoms. The maximum atomic E-state index is 14.5. The number of carboxylic acid groups (broad SMARTS) is 1. The van der Waals surface area contributed by atoms with E-state index in [9.17, 15) is 44.7 Å². The Morgan fingerprint density at radius 1 is 0.947 bits per heavy atom. The highest BCUT2D eigenvalue weighted by molar-refractivity contribution is 5.92. The molecular weight excluding hydrogens is 991 g/mol. The van der Waals surface area contributed by atoms with Crippen LogP contribution in [0.1, 0.15) is 123 Å². The van der Waals surface area contributed by atoms with Gasteiger partial charge in [-0.15, -0.1) is 0 Å². The number of hydrogen-bond donors (Lipinski definition) is 6. The fourth-order valence-corrected chi connectivity index (χ4v) is 11.1. The van der Waals surface area contributed by atoms with Crippen LogP contribution in [0, 0.1) is 11.8 Å². The van der Waals surface area contributed by atoms with Crippen LogP contribution in [0.3, 0.4) is 0 Å². The Bertz CT molecular complexity index is 2260. The Morgan fingerprint density at radius 2 is 1.63 bits per heavy atom. The number of esters is 2. The van der Waals surface area contributed by atoms with Crippen molar-refractivity contribution in [2.75, 3.05) is 61.2 Å². The van der Waals surface area contributed by atoms with Crippen molar-refractivity contribution in [1.29, 1.82) is 0 Å². The molecular formula is C55H89N3O18. The number of carboxylic acids is 1. The molecule has 17 atom stereocenters. The van der Waals surface area contributed by atoms with E-state index in [0.717, 1.165) is 5.56 Å². The molecule has 1 aromatic carbocycles. The molecule has 3 aliphatic rings. The van der Waals surface area contributed by atoms with Crippen molar-refractivity contribution < 1.29 is 82.5 Å². The third-order valence-corrected chi connectivity index (χ3v) is 16.0. The van der Waals surface area contributed by atoms with Gasteiger partial charge in [0, 0.05) is 55.2 Å². The number of carbonyl (C=O) groups excluding carboxylic acids is 2. The second-order valence-electron chi connectivity index (χ2n) is 22.3. The first-order chi connectivity index (χ1) is 35.7. The highest BCUT2D eigenvalue weighted by Gasteiger charge is 2.53. The molecule has 3 saturated heterocycles. The smallest absolute Gasteiger partial charge is 0.341 e. The third kappa shape index (κ3) is 15.6. The second kappa shape index (κ2) is 27.5. The number of ether oxygens (including phenoxy) is 9. The lowest BCUT2D eigenvalue weighted by molar-refractivity contribution is -0.318. The molecule has 21 heteroatoms. The number of nitrogens with zero attached hydrogens (tertiary/aromatic N) is 2. The topological polar surface area (TPSA) is 275 Å². The van der Waals surface area contributed by atoms with Crippen LogP contribution in [0.2, 0.25) is 0 Å². The maximum absolute atomic E-state index is 14.5. The number of benzene rings is 1. The number of nitrogens with one attached hydrogen (secondary N) is 1. The van der Waals surface area contributed by atoms with Gasteiger partial charge in [0.15, 0.2) is 18.7 Å². The quantitative estimate of drug-likeness (QED) is 0.0862. The summed E-state index contributed by atoms with van der Waals surface area (Å²) < 4.78 is 55.9. The van der Waals surface area contributed by atoms with Crippen molar-refractivity contribution >= 4 is 28.8 Å². The summed E-state index contributed by atoms with van der Waals surface area (Å²) in [5, 5.41) is 57.3. The summed E-state index contributed by atoms with van der Waals surface area (Å²) in [5.41, 5.74) is -4.05. The fraction of sp³-hybridized carbons (Fsp3) is 0.782. The first-order valence-corrected chi connectivity index (χ1v) is 26.9. The minimum Gasteiger partial charge on any atom is -0.477 e. The van der Waals surface area contributed by atoms with Gasteiger partial charge in [0.1, 0.15) is 35.1 Å². The van der Waals surface area contributed by atoms with Crippen LogP contribution in [-0.4, -0.2) is 210 Å². The monoisotopic (exact) mass is 1080 g/mol. The molecule has 76 heavy (non-hydrogen) atoms. The molecule has 3 fully saturated rings. The number of aromatic amines is 1. The summed E-state index contributed by atoms with van der Waals surface area (Å²) in [6.45, 7) is 16.8. The van der Waals surface area contributed by atoms with Crippen molar-refractivity contribution in [3.63, 3.8) is 0 Å². The van der Waals surface area contributed by atoms with Crippen LogP contribution in [0.25, 0.3) is 10.9 Å². The Hall–Kier alpha value is -3.68. The first-order valence-electron chi connectivity index (χ1n) is 26.9. The number of aromatic carboxylic acids is 1. The van der Waals surface area contributed by atoms with Crippen LogP contribution in [-0.2, 0) is 58.6 Å². The number of methoxy groups -OCH3 is 1. The lowest BCUT2D eigenvalue weighted by atomic mass is 9.79. The molecule has 5 rings (SSSR count). The van der Waals surface area contributed by atoms with Gasteiger partial charge in [0.2, 0.25) is 5.43 Å². The number of hydrogen-bond acceptors (Lipinski definition) is 19. The zero-order chi connectivity index (χ0) is 56.4. The number of pyridine rings is 1. The van der Waals surface area contributed by atoms with Gasteiger partial charge in [0.05, 0.1) is 62.2 Å². The summed E-state index contributed by atoms with van der Waals surface area (Å²) in [4.78, 5) is 58.5. The summed E-state index contributed by atoms with van der Waals surface area (Å²) in [7, 11) is 7.04. The van der Waals surface area contributed by atoms with Gasteiger partial charge in [0.25, 0.3) is 0 Å². The van der Waals surface area contributed by atoms with E-state index in [1.165, 1.54) is 20.2 Å². The van der Waals surface area contributed by atoms with Gasteiger partial charge in [-0.1, -0.05) is 19.9 Å². The number of fused-ring (bicyclic) bond motifs is 1. The third-order valence-electron chi connectivity index (χ3n) is 16.0. The Morgan fingerprint density at radius 3 is 2.28 bits per heavy atom. The lowest BCUT2D eigenvalue weighted by Crippen LogP contribution is -2.61. The summed E-state index contributed by atoms with van der Waals surface area (Å²) in [6, 6.07) is 4.42. The van der Waals surface area contributed by atoms with E-state index < -0.39 is 113 Å². The molecule has 6 N–H and O–H groups in total. The predicted octanol–water partition coefficient (Wildman–Crippen LogP) is 3.80. The zero-order valence-electron chi connectivity index (χ0n) is 47.0. The molecule has 0 aliphatic carbocycles. The fourth-order valence-electron chi connectivity index (χ4n) is 11.1. The Balaban J connectivity index is 1.25. The van der Waals surface area contributed by atoms with E-state index in [2.05, 4.69) is 4.98 Å². The van der Waals surface area contributed by atoms with Crippen molar-refractivity contribution in [2.45, 2.75) is 204 Å². The van der Waals surface area contributed by atoms with Gasteiger partial charge in [-0.05, 0) is 132 Å². The van der Waals surface area contributed by atoms with E-state index >= 15 is 0 Å². The summed E-state index contributed by atoms with van der Waals surface area (Å²) >= 11 is 0. The molecule has 21 nitrogen and oxygen atoms in total. The van der Waals surface area contributed by atoms with Gasteiger partial charge in [-0.25, -0.2) is 4.79 Å². The average Bonchev–Trinajstić information content (AvgIpc) is 3.36. The number of aliphatic hydroxyl groups excluding tert-OH is 2. The highest BCUT2D eigenvalue weighted by atomic mass is 16.7. The molecule has 3 aliphatic heterocycles. The SMILES string of the molecule is CC[C@H]1OC(=O)[C@H](C)[C@@H](O[C@H]2C[C@@](C)(OC)[C@@H](OC(=O)CCOCCOCCCc3ccc4[nH]cc(C(=O)O)c(=O)c4c3)[C@H](C)O2)[C@H](C)[C@@H](O[C@@H]2O[C@H](C)C[C@H](N(C)C)[C@H]2O)[C@](C)(O)CCCN(C)[C@H](C)[C@@H](O)[C@]1(C)O. The summed E-state index contributed by atoms with van der Waals surface area (Å²) in [5.74, 6) is -4.50. The van der Waals surface area contributed by atoms with Crippen molar-refractivity contribution in [3.8, 4) is 0 Å². The van der Waals surface area contributed by atoms with Crippen LogP contribution in [0.4, 0.5) is 0 Å². The van der Waals surface area contributed by atoms with Crippen molar-refractivity contribution in [3.05, 3.63) is 45.7 Å². The number of likely N-dealkylation sites (N-methyl/N-ethyl adjacent to an activating group) is 2. The first kappa shape index (κ1) is 63.2. The molecule has 4 heterocycles. The normalized spacial score (nSPS) is 36.6. The molecule has 2 aromatic rings. The van der Waals surface area contributed by atoms with Crippen LogP contribution >= 0.6 is 0 Å². The lowest BCUT2D eigenvalue weighted by Gasteiger charge is -2.49. The number of aromatic nitrogens is 1. The molecule has 0 unspecified atom stereocenters. The van der Waals surface area contributed by atoms with Crippen LogP contribution < -0.4 is 5.43 Å². The van der Waals surface area contributed by atoms with Gasteiger partial charge < -0.3 is 82.9 Å². The van der Waals surface area contributed by atoms with Gasteiger partial charge in [-0.2, -0.15) is 0 Å². The minimum absolute atomic E-state index is 0.0342. The van der Waals surface area contributed by atoms with E-state index in [1.54, 1.807) is 60.6 Å². The van der Waals surface area contributed by atoms with Gasteiger partial charge >= 0.3 is 17.9 Å². The molecule has 0 radical (unpaired) electrons. The van der Waals surface area contributed by atoms with Crippen molar-refractivity contribution in [2.24, 2.45) is 11.8 Å². The summed E-state index contributed by atoms with van der Waals surface area (Å²) in [6.07, 6.45) is -6.22. The number of rotatable bonds is 19. The van der Waals surface area contributed by atoms with E-state index in [-0.39, 0.29) is 63.2 Å². The van der Waals surface area contributed by atoms with Crippen LogP contribution in [0.15, 0.2) is 29.2 Å². The Kier molecular flexibility index (Phi) is 22.8. The minimum atomic E-state index is -1.85. The molecule has 1 aromatic heterocycles. The second-order valence-corrected chi connectivity index (χ2v) is 22.3. The predicted molar refractivity (Wildman–Crippen MR) is 280 cm³/mol. The molecule has 0 spiro atoms. The number of carbonyl (C=O) groups is 3. The van der Waals surface area contributed by atoms with E-state index in [0.29, 0.717) is 49.7 Å². The van der Waals surface area contributed by atoms with Gasteiger partial charge in [-0.3, -0.25) is 14.4 Å². The number of H-pyrrole nitrogens is 1. The van der Waals surface area contributed by atoms with E-state index in [1.807, 2.05) is 43.9 Å². The number of aliphatic hydroxyl groups is 4. The molecule has 0 saturated carbocycles. The zero-order valence-corrected chi connectivity index (χ0v) is 47.0. The van der Waals surface area contributed by atoms with Crippen LogP contribution in [0.5, 0.6) is 0 Å². The molecule has 0 amide bonds. The average molecular weight is 1080 g/mol.